The number of hydrogen-bond acceptors (Lipinski definition) is 4. The van der Waals surface area contributed by atoms with Crippen molar-refractivity contribution in [1.82, 2.24) is 15.1 Å². The molecule has 1 aromatic carbocycles. The van der Waals surface area contributed by atoms with Crippen molar-refractivity contribution in [2.24, 2.45) is 0 Å². The van der Waals surface area contributed by atoms with Gasteiger partial charge in [0.05, 0.1) is 6.54 Å². The summed E-state index contributed by atoms with van der Waals surface area (Å²) in [4.78, 5) is 27.5. The lowest BCUT2D eigenvalue weighted by atomic mass is 10.0. The maximum absolute atomic E-state index is 13.1. The van der Waals surface area contributed by atoms with Crippen molar-refractivity contribution >= 4 is 17.7 Å². The maximum Gasteiger partial charge on any atom is 0.414 e. The zero-order valence-corrected chi connectivity index (χ0v) is 13.7. The number of alkyl halides is 2. The van der Waals surface area contributed by atoms with Gasteiger partial charge in [0.25, 0.3) is 12.3 Å². The molecule has 2 aliphatic heterocycles. The molecule has 2 amide bonds. The van der Waals surface area contributed by atoms with Crippen LogP contribution >= 0.6 is 0 Å². The van der Waals surface area contributed by atoms with Gasteiger partial charge in [-0.15, -0.1) is 0 Å². The summed E-state index contributed by atoms with van der Waals surface area (Å²) in [5.74, 6) is -0.272. The van der Waals surface area contributed by atoms with Crippen molar-refractivity contribution in [3.8, 4) is 0 Å². The third-order valence-corrected chi connectivity index (χ3v) is 4.62. The van der Waals surface area contributed by atoms with Crippen LogP contribution in [-0.4, -0.2) is 46.8 Å². The van der Waals surface area contributed by atoms with Gasteiger partial charge in [0.15, 0.2) is 0 Å². The molecule has 0 bridgehead atoms. The van der Waals surface area contributed by atoms with Gasteiger partial charge < -0.3 is 9.64 Å². The summed E-state index contributed by atoms with van der Waals surface area (Å²) < 4.78 is 31.0. The molecule has 1 fully saturated rings. The molecule has 1 aromatic heterocycles. The second kappa shape index (κ2) is 6.40. The highest BCUT2D eigenvalue weighted by atomic mass is 19.3. The van der Waals surface area contributed by atoms with Crippen LogP contribution in [0.2, 0.25) is 0 Å². The molecule has 26 heavy (non-hydrogen) atoms. The zero-order valence-electron chi connectivity index (χ0n) is 13.7. The minimum absolute atomic E-state index is 0.0837. The number of H-pyrrole nitrogens is 1. The molecule has 9 heteroatoms. The van der Waals surface area contributed by atoms with Crippen LogP contribution in [0.25, 0.3) is 0 Å². The van der Waals surface area contributed by atoms with Gasteiger partial charge in [-0.25, -0.2) is 13.6 Å². The highest BCUT2D eigenvalue weighted by Crippen LogP contribution is 2.28. The number of nitrogens with zero attached hydrogens (tertiary/aromatic N) is 3. The fourth-order valence-corrected chi connectivity index (χ4v) is 3.29. The molecule has 2 aromatic rings. The standard InChI is InChI=1S/C17H16F2N4O3/c18-15(19)14-12-9-22(5-4-13(12)20-21-14)16(24)10-2-1-3-11(8-10)23-6-7-26-17(23)25/h1-3,8,15H,4-7,9H2,(H,20,21). The van der Waals surface area contributed by atoms with Crippen molar-refractivity contribution in [1.29, 1.82) is 0 Å². The normalized spacial score (nSPS) is 16.8. The van der Waals surface area contributed by atoms with Gasteiger partial charge in [-0.05, 0) is 18.2 Å². The SMILES string of the molecule is O=C(c1cccc(N2CCOC2=O)c1)N1CCc2[nH]nc(C(F)F)c2C1. The van der Waals surface area contributed by atoms with E-state index >= 15 is 0 Å². The van der Waals surface area contributed by atoms with Crippen LogP contribution in [0.5, 0.6) is 0 Å². The van der Waals surface area contributed by atoms with E-state index in [9.17, 15) is 18.4 Å². The summed E-state index contributed by atoms with van der Waals surface area (Å²) in [6.45, 7) is 1.23. The largest absolute Gasteiger partial charge is 0.447 e. The second-order valence-corrected chi connectivity index (χ2v) is 6.16. The average molecular weight is 362 g/mol. The molecule has 3 heterocycles. The Bertz CT molecular complexity index is 867. The first-order valence-corrected chi connectivity index (χ1v) is 8.22. The number of cyclic esters (lactones) is 1. The lowest BCUT2D eigenvalue weighted by molar-refractivity contribution is 0.0729. The lowest BCUT2D eigenvalue weighted by Crippen LogP contribution is -2.36. The number of nitrogens with one attached hydrogen (secondary N) is 1. The topological polar surface area (TPSA) is 78.5 Å². The van der Waals surface area contributed by atoms with Crippen LogP contribution in [0.1, 0.15) is 33.7 Å². The Hall–Kier alpha value is -2.97. The summed E-state index contributed by atoms with van der Waals surface area (Å²) in [5.41, 5.74) is 1.71. The predicted octanol–water partition coefficient (Wildman–Crippen LogP) is 2.50. The average Bonchev–Trinajstić information content (AvgIpc) is 3.26. The number of carbonyl (C=O) groups excluding carboxylic acids is 2. The number of carbonyl (C=O) groups is 2. The van der Waals surface area contributed by atoms with E-state index in [4.69, 9.17) is 4.74 Å². The molecule has 1 saturated heterocycles. The molecule has 4 rings (SSSR count). The molecule has 0 atom stereocenters. The number of amides is 2. The van der Waals surface area contributed by atoms with Crippen molar-refractivity contribution in [2.45, 2.75) is 19.4 Å². The first-order valence-electron chi connectivity index (χ1n) is 8.22. The van der Waals surface area contributed by atoms with E-state index in [2.05, 4.69) is 10.2 Å². The number of ether oxygens (including phenoxy) is 1. The Morgan fingerprint density at radius 3 is 2.88 bits per heavy atom. The summed E-state index contributed by atoms with van der Waals surface area (Å²) in [6, 6.07) is 6.68. The fourth-order valence-electron chi connectivity index (χ4n) is 3.29. The van der Waals surface area contributed by atoms with Gasteiger partial charge in [-0.1, -0.05) is 6.07 Å². The van der Waals surface area contributed by atoms with Crippen molar-refractivity contribution in [3.05, 3.63) is 46.8 Å². The van der Waals surface area contributed by atoms with Crippen LogP contribution in [0, 0.1) is 0 Å². The number of rotatable bonds is 3. The molecular weight excluding hydrogens is 346 g/mol. The third kappa shape index (κ3) is 2.79. The van der Waals surface area contributed by atoms with E-state index in [1.54, 1.807) is 24.3 Å². The number of benzene rings is 1. The summed E-state index contributed by atoms with van der Waals surface area (Å²) in [7, 11) is 0. The number of hydrogen-bond donors (Lipinski definition) is 1. The van der Waals surface area contributed by atoms with Crippen LogP contribution in [0.3, 0.4) is 0 Å². The Morgan fingerprint density at radius 1 is 1.31 bits per heavy atom. The van der Waals surface area contributed by atoms with E-state index in [-0.39, 0.29) is 18.1 Å². The van der Waals surface area contributed by atoms with Gasteiger partial charge in [-0.3, -0.25) is 14.8 Å². The van der Waals surface area contributed by atoms with E-state index in [0.717, 1.165) is 0 Å². The van der Waals surface area contributed by atoms with Crippen LogP contribution in [0.4, 0.5) is 19.3 Å². The molecule has 0 spiro atoms. The monoisotopic (exact) mass is 362 g/mol. The van der Waals surface area contributed by atoms with Gasteiger partial charge in [0.2, 0.25) is 0 Å². The maximum atomic E-state index is 13.1. The number of fused-ring (bicyclic) bond motifs is 1. The Labute approximate surface area is 147 Å². The van der Waals surface area contributed by atoms with Gasteiger partial charge in [0.1, 0.15) is 12.3 Å². The molecule has 2 aliphatic rings. The number of aromatic nitrogens is 2. The molecular formula is C17H16F2N4O3. The van der Waals surface area contributed by atoms with Crippen molar-refractivity contribution < 1.29 is 23.1 Å². The molecule has 0 saturated carbocycles. The summed E-state index contributed by atoms with van der Waals surface area (Å²) in [6.07, 6.45) is -2.69. The summed E-state index contributed by atoms with van der Waals surface area (Å²) in [5, 5.41) is 6.30. The minimum Gasteiger partial charge on any atom is -0.447 e. The first-order chi connectivity index (χ1) is 12.5. The number of anilines is 1. The second-order valence-electron chi connectivity index (χ2n) is 6.16. The van der Waals surface area contributed by atoms with E-state index in [1.807, 2.05) is 0 Å². The van der Waals surface area contributed by atoms with Crippen LogP contribution < -0.4 is 4.90 Å². The third-order valence-electron chi connectivity index (χ3n) is 4.62. The van der Waals surface area contributed by atoms with Gasteiger partial charge in [0, 0.05) is 42.0 Å². The molecule has 1 N–H and O–H groups in total. The number of halogens is 2. The summed E-state index contributed by atoms with van der Waals surface area (Å²) >= 11 is 0. The minimum atomic E-state index is -2.69. The van der Waals surface area contributed by atoms with Crippen molar-refractivity contribution in [3.63, 3.8) is 0 Å². The van der Waals surface area contributed by atoms with Crippen LogP contribution in [0.15, 0.2) is 24.3 Å². The Morgan fingerprint density at radius 2 is 2.15 bits per heavy atom. The first kappa shape index (κ1) is 16.5. The smallest absolute Gasteiger partial charge is 0.414 e. The van der Waals surface area contributed by atoms with Gasteiger partial charge >= 0.3 is 6.09 Å². The predicted molar refractivity (Wildman–Crippen MR) is 87.1 cm³/mol. The quantitative estimate of drug-likeness (QED) is 0.910. The van der Waals surface area contributed by atoms with E-state index in [0.29, 0.717) is 48.6 Å². The molecule has 0 aliphatic carbocycles. The highest BCUT2D eigenvalue weighted by Gasteiger charge is 2.29. The highest BCUT2D eigenvalue weighted by molar-refractivity contribution is 5.97. The number of aromatic amines is 1. The molecule has 136 valence electrons. The zero-order chi connectivity index (χ0) is 18.3. The Balaban J connectivity index is 1.57. The molecule has 7 nitrogen and oxygen atoms in total. The van der Waals surface area contributed by atoms with Crippen molar-refractivity contribution in [2.75, 3.05) is 24.6 Å². The van der Waals surface area contributed by atoms with Crippen LogP contribution in [-0.2, 0) is 17.7 Å². The van der Waals surface area contributed by atoms with E-state index in [1.165, 1.54) is 9.80 Å². The fraction of sp³-hybridized carbons (Fsp3) is 0.353. The molecule has 0 radical (unpaired) electrons. The molecule has 0 unspecified atom stereocenters. The van der Waals surface area contributed by atoms with Gasteiger partial charge in [-0.2, -0.15) is 5.10 Å². The Kier molecular flexibility index (Phi) is 4.06. The van der Waals surface area contributed by atoms with E-state index < -0.39 is 12.5 Å². The lowest BCUT2D eigenvalue weighted by Gasteiger charge is -2.27.